The van der Waals surface area contributed by atoms with E-state index < -0.39 is 5.54 Å². The largest absolute Gasteiger partial charge is 0.378 e. The molecule has 118 valence electrons. The summed E-state index contributed by atoms with van der Waals surface area (Å²) in [5, 5.41) is 0. The van der Waals surface area contributed by atoms with Crippen molar-refractivity contribution in [2.75, 3.05) is 20.2 Å². The lowest BCUT2D eigenvalue weighted by Crippen LogP contribution is -2.75. The van der Waals surface area contributed by atoms with Crippen molar-refractivity contribution < 1.29 is 9.53 Å². The van der Waals surface area contributed by atoms with Crippen LogP contribution >= 0.6 is 12.4 Å². The van der Waals surface area contributed by atoms with E-state index in [1.165, 1.54) is 12.8 Å². The van der Waals surface area contributed by atoms with Gasteiger partial charge < -0.3 is 15.4 Å². The zero-order valence-electron chi connectivity index (χ0n) is 13.1. The first kappa shape index (κ1) is 17.7. The van der Waals surface area contributed by atoms with Gasteiger partial charge in [0.15, 0.2) is 0 Å². The molecule has 2 fully saturated rings. The van der Waals surface area contributed by atoms with Crippen LogP contribution in [0.5, 0.6) is 0 Å². The number of ether oxygens (including phenoxy) is 1. The Kier molecular flexibility index (Phi) is 5.50. The van der Waals surface area contributed by atoms with Crippen LogP contribution in [-0.2, 0) is 9.53 Å². The lowest BCUT2D eigenvalue weighted by molar-refractivity contribution is -0.178. The van der Waals surface area contributed by atoms with E-state index in [-0.39, 0.29) is 29.8 Å². The molecule has 2 rings (SSSR count). The topological polar surface area (TPSA) is 55.6 Å². The van der Waals surface area contributed by atoms with Crippen molar-refractivity contribution >= 4 is 18.3 Å². The monoisotopic (exact) mass is 304 g/mol. The third kappa shape index (κ3) is 2.97. The second-order valence-corrected chi connectivity index (χ2v) is 6.80. The van der Waals surface area contributed by atoms with Gasteiger partial charge in [0.2, 0.25) is 5.91 Å². The van der Waals surface area contributed by atoms with Gasteiger partial charge in [0, 0.05) is 32.0 Å². The average molecular weight is 305 g/mol. The molecule has 0 aliphatic heterocycles. The van der Waals surface area contributed by atoms with Crippen LogP contribution in [0.25, 0.3) is 0 Å². The molecule has 2 unspecified atom stereocenters. The molecule has 0 aromatic rings. The van der Waals surface area contributed by atoms with E-state index in [1.54, 1.807) is 0 Å². The summed E-state index contributed by atoms with van der Waals surface area (Å²) < 4.78 is 5.68. The number of nitrogens with zero attached hydrogens (tertiary/aromatic N) is 1. The molecule has 0 aromatic carbocycles. The number of hydrogen-bond acceptors (Lipinski definition) is 3. The fourth-order valence-corrected chi connectivity index (χ4v) is 3.02. The molecule has 0 saturated heterocycles. The quantitative estimate of drug-likeness (QED) is 0.818. The third-order valence-electron chi connectivity index (χ3n) is 5.13. The Balaban J connectivity index is 0.00000200. The number of carbonyl (C=O) groups is 1. The van der Waals surface area contributed by atoms with Crippen LogP contribution in [-0.4, -0.2) is 42.6 Å². The molecule has 1 amide bonds. The number of halogens is 1. The molecule has 0 spiro atoms. The van der Waals surface area contributed by atoms with Gasteiger partial charge in [0.05, 0.1) is 6.10 Å². The van der Waals surface area contributed by atoms with Gasteiger partial charge in [0.1, 0.15) is 5.54 Å². The number of likely N-dealkylation sites (N-methyl/N-ethyl adjacent to an activating group) is 1. The maximum absolute atomic E-state index is 12.6. The summed E-state index contributed by atoms with van der Waals surface area (Å²) in [5.74, 6) is 0.920. The predicted octanol–water partition coefficient (Wildman–Crippen LogP) is 2.20. The smallest absolute Gasteiger partial charge is 0.243 e. The molecule has 0 heterocycles. The number of nitrogens with two attached hydrogens (primary N) is 1. The molecular weight excluding hydrogens is 276 g/mol. The Morgan fingerprint density at radius 3 is 2.45 bits per heavy atom. The van der Waals surface area contributed by atoms with Crippen LogP contribution in [0.15, 0.2) is 0 Å². The summed E-state index contributed by atoms with van der Waals surface area (Å²) in [5.41, 5.74) is 5.35. The van der Waals surface area contributed by atoms with E-state index in [1.807, 2.05) is 32.7 Å². The van der Waals surface area contributed by atoms with Crippen molar-refractivity contribution in [1.82, 2.24) is 4.90 Å². The van der Waals surface area contributed by atoms with Crippen molar-refractivity contribution in [2.24, 2.45) is 17.1 Å². The summed E-state index contributed by atoms with van der Waals surface area (Å²) >= 11 is 0. The van der Waals surface area contributed by atoms with Gasteiger partial charge in [-0.05, 0) is 19.3 Å². The molecule has 0 radical (unpaired) electrons. The standard InChI is InChI=1S/C15H28N2O2.ClH/c1-5-19-12-10-15(16,14(12,2)3)13(18)17(4)9-8-11-6-7-11;/h11-12H,5-10,16H2,1-4H3;1H. The van der Waals surface area contributed by atoms with Gasteiger partial charge in [-0.15, -0.1) is 12.4 Å². The maximum atomic E-state index is 12.6. The average Bonchev–Trinajstić information content (AvgIpc) is 3.18. The van der Waals surface area contributed by atoms with Gasteiger partial charge in [-0.2, -0.15) is 0 Å². The molecule has 4 nitrogen and oxygen atoms in total. The van der Waals surface area contributed by atoms with Crippen molar-refractivity contribution in [3.8, 4) is 0 Å². The van der Waals surface area contributed by atoms with Gasteiger partial charge in [-0.1, -0.05) is 26.7 Å². The summed E-state index contributed by atoms with van der Waals surface area (Å²) in [4.78, 5) is 14.4. The van der Waals surface area contributed by atoms with E-state index in [9.17, 15) is 4.79 Å². The number of rotatable bonds is 6. The van der Waals surface area contributed by atoms with Crippen LogP contribution in [0.1, 0.15) is 46.5 Å². The fraction of sp³-hybridized carbons (Fsp3) is 0.933. The third-order valence-corrected chi connectivity index (χ3v) is 5.13. The summed E-state index contributed by atoms with van der Waals surface area (Å²) in [6, 6.07) is 0. The van der Waals surface area contributed by atoms with E-state index in [0.29, 0.717) is 13.0 Å². The van der Waals surface area contributed by atoms with Crippen LogP contribution in [0.2, 0.25) is 0 Å². The highest BCUT2D eigenvalue weighted by Crippen LogP contribution is 2.50. The molecule has 2 atom stereocenters. The fourth-order valence-electron chi connectivity index (χ4n) is 3.02. The molecule has 2 saturated carbocycles. The summed E-state index contributed by atoms with van der Waals surface area (Å²) in [6.45, 7) is 7.58. The second kappa shape index (κ2) is 6.20. The molecule has 0 aromatic heterocycles. The maximum Gasteiger partial charge on any atom is 0.243 e. The van der Waals surface area contributed by atoms with Gasteiger partial charge in [0.25, 0.3) is 0 Å². The Hall–Kier alpha value is -0.320. The molecule has 0 bridgehead atoms. The Bertz CT molecular complexity index is 358. The minimum Gasteiger partial charge on any atom is -0.378 e. The highest BCUT2D eigenvalue weighted by Gasteiger charge is 2.63. The van der Waals surface area contributed by atoms with Crippen molar-refractivity contribution in [1.29, 1.82) is 0 Å². The minimum atomic E-state index is -0.759. The van der Waals surface area contributed by atoms with E-state index >= 15 is 0 Å². The highest BCUT2D eigenvalue weighted by molar-refractivity contribution is 5.88. The first-order valence-electron chi connectivity index (χ1n) is 7.49. The van der Waals surface area contributed by atoms with E-state index in [4.69, 9.17) is 10.5 Å². The summed E-state index contributed by atoms with van der Waals surface area (Å²) in [7, 11) is 1.88. The molecule has 20 heavy (non-hydrogen) atoms. The van der Waals surface area contributed by atoms with Crippen molar-refractivity contribution in [2.45, 2.75) is 58.1 Å². The lowest BCUT2D eigenvalue weighted by atomic mass is 9.54. The van der Waals surface area contributed by atoms with Crippen LogP contribution < -0.4 is 5.73 Å². The predicted molar refractivity (Wildman–Crippen MR) is 83.0 cm³/mol. The Morgan fingerprint density at radius 2 is 2.00 bits per heavy atom. The molecular formula is C15H29ClN2O2. The van der Waals surface area contributed by atoms with Crippen LogP contribution in [0.4, 0.5) is 0 Å². The minimum absolute atomic E-state index is 0. The van der Waals surface area contributed by atoms with Gasteiger partial charge in [-0.25, -0.2) is 0 Å². The molecule has 2 aliphatic carbocycles. The normalized spacial score (nSPS) is 31.1. The number of hydrogen-bond donors (Lipinski definition) is 1. The molecule has 5 heteroatoms. The first-order chi connectivity index (χ1) is 8.83. The van der Waals surface area contributed by atoms with Crippen LogP contribution in [0, 0.1) is 11.3 Å². The van der Waals surface area contributed by atoms with E-state index in [0.717, 1.165) is 18.9 Å². The van der Waals surface area contributed by atoms with Crippen LogP contribution in [0.3, 0.4) is 0 Å². The van der Waals surface area contributed by atoms with Gasteiger partial charge >= 0.3 is 0 Å². The lowest BCUT2D eigenvalue weighted by Gasteiger charge is -2.58. The number of carbonyl (C=O) groups excluding carboxylic acids is 1. The second-order valence-electron chi connectivity index (χ2n) is 6.80. The van der Waals surface area contributed by atoms with Gasteiger partial charge in [-0.3, -0.25) is 4.79 Å². The highest BCUT2D eigenvalue weighted by atomic mass is 35.5. The Labute approximate surface area is 128 Å². The zero-order chi connectivity index (χ0) is 14.3. The molecule has 2 N–H and O–H groups in total. The van der Waals surface area contributed by atoms with E-state index in [2.05, 4.69) is 0 Å². The van der Waals surface area contributed by atoms with Crippen molar-refractivity contribution in [3.05, 3.63) is 0 Å². The molecule has 2 aliphatic rings. The Morgan fingerprint density at radius 1 is 1.40 bits per heavy atom. The first-order valence-corrected chi connectivity index (χ1v) is 7.49. The summed E-state index contributed by atoms with van der Waals surface area (Å²) in [6.07, 6.45) is 4.51. The zero-order valence-corrected chi connectivity index (χ0v) is 14.0. The SMILES string of the molecule is CCOC1CC(N)(C(=O)N(C)CCC2CC2)C1(C)C.Cl. The number of amides is 1. The van der Waals surface area contributed by atoms with Crippen molar-refractivity contribution in [3.63, 3.8) is 0 Å².